The molecule has 6 heteroatoms. The molecule has 1 aliphatic rings. The molecular weight excluding hydrogens is 326 g/mol. The van der Waals surface area contributed by atoms with Crippen molar-refractivity contribution >= 4 is 34.1 Å². The number of nitrogens with zero attached hydrogens (tertiary/aromatic N) is 2. The zero-order valence-electron chi connectivity index (χ0n) is 11.4. The van der Waals surface area contributed by atoms with Crippen molar-refractivity contribution < 1.29 is 9.13 Å². The summed E-state index contributed by atoms with van der Waals surface area (Å²) in [5.41, 5.74) is 3.15. The molecule has 0 aliphatic carbocycles. The number of aromatic nitrogens is 2. The predicted molar refractivity (Wildman–Crippen MR) is 84.8 cm³/mol. The van der Waals surface area contributed by atoms with Crippen LogP contribution in [0.2, 0.25) is 10.2 Å². The molecule has 3 aromatic rings. The summed E-state index contributed by atoms with van der Waals surface area (Å²) in [5, 5.41) is 1.85. The molecule has 0 bridgehead atoms. The number of rotatable bonds is 1. The monoisotopic (exact) mass is 336 g/mol. The number of fused-ring (bicyclic) bond motifs is 3. The van der Waals surface area contributed by atoms with Crippen LogP contribution in [0.1, 0.15) is 5.69 Å². The van der Waals surface area contributed by atoms with Crippen molar-refractivity contribution in [1.82, 2.24) is 9.55 Å². The van der Waals surface area contributed by atoms with E-state index < -0.39 is 5.82 Å². The Kier molecular flexibility index (Phi) is 3.33. The fourth-order valence-corrected chi connectivity index (χ4v) is 3.34. The van der Waals surface area contributed by atoms with Gasteiger partial charge in [-0.1, -0.05) is 29.3 Å². The molecule has 1 aliphatic heterocycles. The molecule has 0 radical (unpaired) electrons. The number of halogens is 3. The van der Waals surface area contributed by atoms with Crippen molar-refractivity contribution in [2.45, 2.75) is 13.2 Å². The molecule has 22 heavy (non-hydrogen) atoms. The van der Waals surface area contributed by atoms with Crippen LogP contribution >= 0.6 is 23.2 Å². The Morgan fingerprint density at radius 3 is 2.95 bits per heavy atom. The number of pyridine rings is 1. The highest BCUT2D eigenvalue weighted by Crippen LogP contribution is 2.39. The van der Waals surface area contributed by atoms with E-state index in [1.54, 1.807) is 12.1 Å². The van der Waals surface area contributed by atoms with E-state index in [0.29, 0.717) is 30.3 Å². The molecule has 0 unspecified atom stereocenters. The van der Waals surface area contributed by atoms with Gasteiger partial charge in [0.1, 0.15) is 11.0 Å². The SMILES string of the molecule is Fc1cnc(Cl)cc1-c1c2n(c3cc(Cl)ccc13)CCOC2. The van der Waals surface area contributed by atoms with E-state index in [1.807, 2.05) is 12.1 Å². The van der Waals surface area contributed by atoms with Crippen LogP contribution in [0.4, 0.5) is 4.39 Å². The van der Waals surface area contributed by atoms with Gasteiger partial charge in [0.2, 0.25) is 0 Å². The first kappa shape index (κ1) is 14.0. The molecule has 0 saturated heterocycles. The normalized spacial score (nSPS) is 14.3. The summed E-state index contributed by atoms with van der Waals surface area (Å²) in [4.78, 5) is 3.79. The minimum Gasteiger partial charge on any atom is -0.373 e. The average Bonchev–Trinajstić information content (AvgIpc) is 2.84. The minimum absolute atomic E-state index is 0.259. The highest BCUT2D eigenvalue weighted by atomic mass is 35.5. The highest BCUT2D eigenvalue weighted by molar-refractivity contribution is 6.31. The summed E-state index contributed by atoms with van der Waals surface area (Å²) in [6, 6.07) is 7.17. The highest BCUT2D eigenvalue weighted by Gasteiger charge is 2.23. The molecule has 0 atom stereocenters. The van der Waals surface area contributed by atoms with Crippen molar-refractivity contribution in [3.05, 3.63) is 52.1 Å². The Morgan fingerprint density at radius 1 is 1.23 bits per heavy atom. The fourth-order valence-electron chi connectivity index (χ4n) is 3.01. The number of hydrogen-bond acceptors (Lipinski definition) is 2. The Balaban J connectivity index is 2.11. The second kappa shape index (κ2) is 5.23. The van der Waals surface area contributed by atoms with Crippen LogP contribution in [-0.4, -0.2) is 16.2 Å². The van der Waals surface area contributed by atoms with Crippen molar-refractivity contribution in [1.29, 1.82) is 0 Å². The molecule has 3 heterocycles. The fraction of sp³-hybridized carbons (Fsp3) is 0.188. The van der Waals surface area contributed by atoms with Crippen molar-refractivity contribution in [3.63, 3.8) is 0 Å². The van der Waals surface area contributed by atoms with Crippen LogP contribution in [0, 0.1) is 5.82 Å². The summed E-state index contributed by atoms with van der Waals surface area (Å²) < 4.78 is 22.0. The molecule has 3 nitrogen and oxygen atoms in total. The maximum Gasteiger partial charge on any atom is 0.149 e. The largest absolute Gasteiger partial charge is 0.373 e. The van der Waals surface area contributed by atoms with Gasteiger partial charge in [-0.2, -0.15) is 0 Å². The second-order valence-electron chi connectivity index (χ2n) is 5.17. The first-order valence-corrected chi connectivity index (χ1v) is 7.60. The van der Waals surface area contributed by atoms with E-state index in [0.717, 1.165) is 28.4 Å². The lowest BCUT2D eigenvalue weighted by atomic mass is 10.0. The van der Waals surface area contributed by atoms with Gasteiger partial charge in [0.15, 0.2) is 0 Å². The van der Waals surface area contributed by atoms with E-state index in [4.69, 9.17) is 27.9 Å². The van der Waals surface area contributed by atoms with Gasteiger partial charge in [0.25, 0.3) is 0 Å². The van der Waals surface area contributed by atoms with Gasteiger partial charge in [-0.15, -0.1) is 0 Å². The van der Waals surface area contributed by atoms with Crippen LogP contribution in [-0.2, 0) is 17.9 Å². The summed E-state index contributed by atoms with van der Waals surface area (Å²) >= 11 is 12.1. The predicted octanol–water partition coefficient (Wildman–Crippen LogP) is 4.68. The Hall–Kier alpha value is -1.62. The van der Waals surface area contributed by atoms with E-state index >= 15 is 0 Å². The summed E-state index contributed by atoms with van der Waals surface area (Å²) in [6.45, 7) is 1.77. The summed E-state index contributed by atoms with van der Waals surface area (Å²) in [6.07, 6.45) is 1.15. The molecule has 4 rings (SSSR count). The maximum absolute atomic E-state index is 14.3. The lowest BCUT2D eigenvalue weighted by molar-refractivity contribution is 0.0869. The molecule has 0 N–H and O–H groups in total. The third-order valence-corrected chi connectivity index (χ3v) is 4.37. The minimum atomic E-state index is -0.403. The van der Waals surface area contributed by atoms with E-state index in [2.05, 4.69) is 9.55 Å². The molecular formula is C16H11Cl2FN2O. The summed E-state index contributed by atoms with van der Waals surface area (Å²) in [7, 11) is 0. The van der Waals surface area contributed by atoms with Crippen molar-refractivity contribution in [2.24, 2.45) is 0 Å². The van der Waals surface area contributed by atoms with Gasteiger partial charge in [-0.3, -0.25) is 0 Å². The van der Waals surface area contributed by atoms with Crippen LogP contribution in [0.25, 0.3) is 22.0 Å². The van der Waals surface area contributed by atoms with Gasteiger partial charge in [0, 0.05) is 28.1 Å². The zero-order chi connectivity index (χ0) is 15.3. The molecule has 2 aromatic heterocycles. The molecule has 0 fully saturated rings. The lowest BCUT2D eigenvalue weighted by Gasteiger charge is -2.18. The lowest BCUT2D eigenvalue weighted by Crippen LogP contribution is -2.16. The smallest absolute Gasteiger partial charge is 0.149 e. The van der Waals surface area contributed by atoms with Crippen LogP contribution in [0.5, 0.6) is 0 Å². The molecule has 1 aromatic carbocycles. The second-order valence-corrected chi connectivity index (χ2v) is 6.00. The van der Waals surface area contributed by atoms with Gasteiger partial charge in [-0.25, -0.2) is 9.37 Å². The third-order valence-electron chi connectivity index (χ3n) is 3.92. The Morgan fingerprint density at radius 2 is 2.09 bits per heavy atom. The quantitative estimate of drug-likeness (QED) is 0.603. The van der Waals surface area contributed by atoms with Gasteiger partial charge >= 0.3 is 0 Å². The van der Waals surface area contributed by atoms with E-state index in [-0.39, 0.29) is 5.15 Å². The topological polar surface area (TPSA) is 27.1 Å². The molecule has 0 saturated carbocycles. The average molecular weight is 337 g/mol. The first-order valence-electron chi connectivity index (χ1n) is 6.85. The third kappa shape index (κ3) is 2.10. The molecule has 0 amide bonds. The molecule has 0 spiro atoms. The number of hydrogen-bond donors (Lipinski definition) is 0. The first-order chi connectivity index (χ1) is 10.6. The zero-order valence-corrected chi connectivity index (χ0v) is 13.0. The van der Waals surface area contributed by atoms with Crippen LogP contribution in [0.3, 0.4) is 0 Å². The number of benzene rings is 1. The van der Waals surface area contributed by atoms with Gasteiger partial charge < -0.3 is 9.30 Å². The summed E-state index contributed by atoms with van der Waals surface area (Å²) in [5.74, 6) is -0.403. The van der Waals surface area contributed by atoms with Gasteiger partial charge in [-0.05, 0) is 18.2 Å². The molecule has 112 valence electrons. The Bertz CT molecular complexity index is 891. The van der Waals surface area contributed by atoms with E-state index in [9.17, 15) is 4.39 Å². The number of ether oxygens (including phenoxy) is 1. The van der Waals surface area contributed by atoms with Crippen molar-refractivity contribution in [2.75, 3.05) is 6.61 Å². The van der Waals surface area contributed by atoms with Crippen LogP contribution in [0.15, 0.2) is 30.5 Å². The van der Waals surface area contributed by atoms with E-state index in [1.165, 1.54) is 0 Å². The maximum atomic E-state index is 14.3. The van der Waals surface area contributed by atoms with Crippen LogP contribution < -0.4 is 0 Å². The van der Waals surface area contributed by atoms with Gasteiger partial charge in [0.05, 0.1) is 30.6 Å². The standard InChI is InChI=1S/C16H11Cl2FN2O/c17-9-1-2-10-13(5-9)21-3-4-22-8-14(21)16(10)11-6-15(18)20-7-12(11)19/h1-2,5-7H,3-4,8H2. The van der Waals surface area contributed by atoms with Crippen molar-refractivity contribution in [3.8, 4) is 11.1 Å². The Labute approximate surface area is 136 Å².